The summed E-state index contributed by atoms with van der Waals surface area (Å²) in [4.78, 5) is 14.3. The van der Waals surface area contributed by atoms with Crippen LogP contribution in [0.25, 0.3) is 11.1 Å². The van der Waals surface area contributed by atoms with Crippen LogP contribution in [0.5, 0.6) is 5.75 Å². The number of carbonyl (C=O) groups is 1. The number of nitrogens with zero attached hydrogens (tertiary/aromatic N) is 1. The first-order chi connectivity index (χ1) is 13.2. The van der Waals surface area contributed by atoms with Gasteiger partial charge in [0.1, 0.15) is 5.75 Å². The van der Waals surface area contributed by atoms with E-state index >= 15 is 0 Å². The molecule has 4 heteroatoms. The molecule has 0 radical (unpaired) electrons. The SMILES string of the molecule is CNC(=O)[C@@H]1CN(Cc2ccc(-c3ccccc3)cc2)c2ccccc2O1. The Kier molecular flexibility index (Phi) is 4.79. The minimum atomic E-state index is -0.506. The summed E-state index contributed by atoms with van der Waals surface area (Å²) < 4.78 is 5.88. The normalized spacial score (nSPS) is 15.6. The van der Waals surface area contributed by atoms with E-state index in [1.807, 2.05) is 42.5 Å². The van der Waals surface area contributed by atoms with Gasteiger partial charge in [-0.1, -0.05) is 66.7 Å². The number of hydrogen-bond acceptors (Lipinski definition) is 3. The second-order valence-corrected chi connectivity index (χ2v) is 6.63. The topological polar surface area (TPSA) is 41.6 Å². The lowest BCUT2D eigenvalue weighted by Gasteiger charge is -2.35. The number of anilines is 1. The van der Waals surface area contributed by atoms with Crippen molar-refractivity contribution >= 4 is 11.6 Å². The van der Waals surface area contributed by atoms with Crippen LogP contribution in [-0.2, 0) is 11.3 Å². The van der Waals surface area contributed by atoms with Gasteiger partial charge in [-0.3, -0.25) is 4.79 Å². The third-order valence-corrected chi connectivity index (χ3v) is 4.83. The van der Waals surface area contributed by atoms with E-state index in [-0.39, 0.29) is 5.91 Å². The van der Waals surface area contributed by atoms with Gasteiger partial charge >= 0.3 is 0 Å². The van der Waals surface area contributed by atoms with Crippen LogP contribution in [0.2, 0.25) is 0 Å². The lowest BCUT2D eigenvalue weighted by molar-refractivity contribution is -0.127. The second kappa shape index (κ2) is 7.54. The van der Waals surface area contributed by atoms with E-state index in [9.17, 15) is 4.79 Å². The molecule has 4 rings (SSSR count). The standard InChI is InChI=1S/C23H22N2O2/c1-24-23(26)22-16-25(20-9-5-6-10-21(20)27-22)15-17-11-13-19(14-12-17)18-7-3-2-4-8-18/h2-14,22H,15-16H2,1H3,(H,24,26)/t22-/m0/s1. The van der Waals surface area contributed by atoms with Gasteiger partial charge in [0.25, 0.3) is 5.91 Å². The molecule has 3 aromatic rings. The molecular weight excluding hydrogens is 336 g/mol. The summed E-state index contributed by atoms with van der Waals surface area (Å²) in [5, 5.41) is 2.68. The maximum Gasteiger partial charge on any atom is 0.262 e. The smallest absolute Gasteiger partial charge is 0.262 e. The van der Waals surface area contributed by atoms with Gasteiger partial charge in [-0.05, 0) is 28.8 Å². The van der Waals surface area contributed by atoms with E-state index in [2.05, 4.69) is 46.6 Å². The van der Waals surface area contributed by atoms with E-state index < -0.39 is 6.10 Å². The molecule has 4 nitrogen and oxygen atoms in total. The molecule has 1 N–H and O–H groups in total. The molecule has 1 heterocycles. The minimum Gasteiger partial charge on any atom is -0.477 e. The van der Waals surface area contributed by atoms with Crippen LogP contribution in [0.15, 0.2) is 78.9 Å². The van der Waals surface area contributed by atoms with Crippen molar-refractivity contribution in [1.82, 2.24) is 5.32 Å². The molecule has 0 saturated heterocycles. The molecule has 0 fully saturated rings. The molecule has 0 aromatic heterocycles. The molecule has 0 spiro atoms. The molecule has 3 aromatic carbocycles. The van der Waals surface area contributed by atoms with Crippen molar-refractivity contribution in [1.29, 1.82) is 0 Å². The highest BCUT2D eigenvalue weighted by Crippen LogP contribution is 2.34. The molecule has 1 aliphatic heterocycles. The highest BCUT2D eigenvalue weighted by molar-refractivity contribution is 5.83. The number of para-hydroxylation sites is 2. The van der Waals surface area contributed by atoms with E-state index in [1.54, 1.807) is 7.05 Å². The number of benzene rings is 3. The molecule has 27 heavy (non-hydrogen) atoms. The second-order valence-electron chi connectivity index (χ2n) is 6.63. The van der Waals surface area contributed by atoms with Crippen molar-refractivity contribution in [2.45, 2.75) is 12.6 Å². The van der Waals surface area contributed by atoms with Gasteiger partial charge in [0.2, 0.25) is 0 Å². The number of amides is 1. The van der Waals surface area contributed by atoms with Gasteiger partial charge in [0.05, 0.1) is 12.2 Å². The van der Waals surface area contributed by atoms with E-state index in [1.165, 1.54) is 16.7 Å². The van der Waals surface area contributed by atoms with Crippen LogP contribution < -0.4 is 15.0 Å². The quantitative estimate of drug-likeness (QED) is 0.770. The van der Waals surface area contributed by atoms with Crippen LogP contribution in [0.3, 0.4) is 0 Å². The fourth-order valence-electron chi connectivity index (χ4n) is 3.41. The Hall–Kier alpha value is -3.27. The summed E-state index contributed by atoms with van der Waals surface area (Å²) in [5.74, 6) is 0.646. The molecule has 1 atom stereocenters. The van der Waals surface area contributed by atoms with E-state index in [0.717, 1.165) is 18.0 Å². The predicted molar refractivity (Wildman–Crippen MR) is 108 cm³/mol. The van der Waals surface area contributed by atoms with E-state index in [4.69, 9.17) is 4.74 Å². The fourth-order valence-corrected chi connectivity index (χ4v) is 3.41. The zero-order valence-corrected chi connectivity index (χ0v) is 15.3. The number of rotatable bonds is 4. The minimum absolute atomic E-state index is 0.103. The number of hydrogen-bond donors (Lipinski definition) is 1. The molecule has 136 valence electrons. The monoisotopic (exact) mass is 358 g/mol. The summed E-state index contributed by atoms with van der Waals surface area (Å²) in [6.07, 6.45) is -0.506. The molecule has 1 aliphatic rings. The first-order valence-corrected chi connectivity index (χ1v) is 9.11. The van der Waals surface area contributed by atoms with Crippen molar-refractivity contribution in [2.24, 2.45) is 0 Å². The third-order valence-electron chi connectivity index (χ3n) is 4.83. The van der Waals surface area contributed by atoms with Gasteiger partial charge < -0.3 is 15.0 Å². The Bertz CT molecular complexity index is 923. The maximum absolute atomic E-state index is 12.1. The lowest BCUT2D eigenvalue weighted by atomic mass is 10.0. The lowest BCUT2D eigenvalue weighted by Crippen LogP contribution is -2.47. The van der Waals surface area contributed by atoms with Crippen molar-refractivity contribution < 1.29 is 9.53 Å². The summed E-state index contributed by atoms with van der Waals surface area (Å²) in [6, 6.07) is 26.8. The average Bonchev–Trinajstić information content (AvgIpc) is 2.74. The van der Waals surface area contributed by atoms with Crippen LogP contribution >= 0.6 is 0 Å². The molecule has 0 aliphatic carbocycles. The Morgan fingerprint density at radius 2 is 1.63 bits per heavy atom. The maximum atomic E-state index is 12.1. The number of likely N-dealkylation sites (N-methyl/N-ethyl adjacent to an activating group) is 1. The Morgan fingerprint density at radius 3 is 2.37 bits per heavy atom. The summed E-state index contributed by atoms with van der Waals surface area (Å²) >= 11 is 0. The zero-order valence-electron chi connectivity index (χ0n) is 15.3. The van der Waals surface area contributed by atoms with Gasteiger partial charge in [0.15, 0.2) is 6.10 Å². The van der Waals surface area contributed by atoms with Crippen molar-refractivity contribution in [2.75, 3.05) is 18.5 Å². The molecule has 1 amide bonds. The van der Waals surface area contributed by atoms with Crippen LogP contribution in [0.4, 0.5) is 5.69 Å². The molecular formula is C23H22N2O2. The first kappa shape index (κ1) is 17.2. The molecule has 0 unspecified atom stereocenters. The largest absolute Gasteiger partial charge is 0.477 e. The number of carbonyl (C=O) groups excluding carboxylic acids is 1. The van der Waals surface area contributed by atoms with Gasteiger partial charge in [-0.25, -0.2) is 0 Å². The summed E-state index contributed by atoms with van der Waals surface area (Å²) in [6.45, 7) is 1.25. The van der Waals surface area contributed by atoms with Crippen molar-refractivity contribution in [3.05, 3.63) is 84.4 Å². The van der Waals surface area contributed by atoms with Crippen molar-refractivity contribution in [3.8, 4) is 16.9 Å². The van der Waals surface area contributed by atoms with E-state index in [0.29, 0.717) is 6.54 Å². The first-order valence-electron chi connectivity index (χ1n) is 9.11. The van der Waals surface area contributed by atoms with Crippen molar-refractivity contribution in [3.63, 3.8) is 0 Å². The summed E-state index contributed by atoms with van der Waals surface area (Å²) in [7, 11) is 1.64. The summed E-state index contributed by atoms with van der Waals surface area (Å²) in [5.41, 5.74) is 4.62. The average molecular weight is 358 g/mol. The molecule has 0 bridgehead atoms. The van der Waals surface area contributed by atoms with Crippen LogP contribution in [0.1, 0.15) is 5.56 Å². The number of nitrogens with one attached hydrogen (secondary N) is 1. The molecule has 0 saturated carbocycles. The Labute approximate surface area is 159 Å². The number of ether oxygens (including phenoxy) is 1. The number of fused-ring (bicyclic) bond motifs is 1. The zero-order chi connectivity index (χ0) is 18.6. The highest BCUT2D eigenvalue weighted by Gasteiger charge is 2.29. The third kappa shape index (κ3) is 3.65. The highest BCUT2D eigenvalue weighted by atomic mass is 16.5. The Morgan fingerprint density at radius 1 is 0.963 bits per heavy atom. The van der Waals surface area contributed by atoms with Crippen LogP contribution in [0, 0.1) is 0 Å². The van der Waals surface area contributed by atoms with Gasteiger partial charge in [0, 0.05) is 13.6 Å². The van der Waals surface area contributed by atoms with Gasteiger partial charge in [-0.2, -0.15) is 0 Å². The Balaban J connectivity index is 1.57. The van der Waals surface area contributed by atoms with Crippen LogP contribution in [-0.4, -0.2) is 25.6 Å². The van der Waals surface area contributed by atoms with Gasteiger partial charge in [-0.15, -0.1) is 0 Å². The fraction of sp³-hybridized carbons (Fsp3) is 0.174. The predicted octanol–water partition coefficient (Wildman–Crippen LogP) is 3.87.